The van der Waals surface area contributed by atoms with Crippen LogP contribution in [0.2, 0.25) is 0 Å². The van der Waals surface area contributed by atoms with Crippen LogP contribution in [0, 0.1) is 5.92 Å². The lowest BCUT2D eigenvalue weighted by atomic mass is 10.00. The topological polar surface area (TPSA) is 67.9 Å². The average molecular weight is 281 g/mol. The van der Waals surface area contributed by atoms with Crippen LogP contribution in [0.3, 0.4) is 0 Å². The van der Waals surface area contributed by atoms with E-state index in [2.05, 4.69) is 27.0 Å². The van der Waals surface area contributed by atoms with E-state index in [1.54, 1.807) is 11.3 Å². The van der Waals surface area contributed by atoms with Crippen LogP contribution in [0.1, 0.15) is 19.8 Å². The van der Waals surface area contributed by atoms with Crippen molar-refractivity contribution in [2.45, 2.75) is 19.8 Å². The van der Waals surface area contributed by atoms with E-state index < -0.39 is 0 Å². The Morgan fingerprint density at radius 1 is 1.28 bits per heavy atom. The van der Waals surface area contributed by atoms with E-state index in [4.69, 9.17) is 5.73 Å². The minimum absolute atomic E-state index is 0.506. The van der Waals surface area contributed by atoms with Gasteiger partial charge in [0.05, 0.1) is 11.1 Å². The van der Waals surface area contributed by atoms with Gasteiger partial charge in [-0.05, 0) is 18.8 Å². The Bertz CT molecular complexity index is 527. The van der Waals surface area contributed by atoms with Crippen LogP contribution in [0.25, 0.3) is 9.88 Å². The van der Waals surface area contributed by atoms with E-state index in [1.807, 2.05) is 6.20 Å². The molecule has 2 aromatic rings. The molecule has 5 nitrogen and oxygen atoms in total. The lowest BCUT2D eigenvalue weighted by Gasteiger charge is -2.29. The highest BCUT2D eigenvalue weighted by atomic mass is 32.1. The summed E-state index contributed by atoms with van der Waals surface area (Å²) >= 11 is 3.08. The second-order valence-electron chi connectivity index (χ2n) is 4.62. The predicted molar refractivity (Wildman–Crippen MR) is 76.0 cm³/mol. The van der Waals surface area contributed by atoms with Gasteiger partial charge in [-0.25, -0.2) is 4.98 Å². The minimum atomic E-state index is 0.506. The van der Waals surface area contributed by atoms with Gasteiger partial charge in [0.1, 0.15) is 0 Å². The summed E-state index contributed by atoms with van der Waals surface area (Å²) in [4.78, 5) is 7.91. The molecule has 0 unspecified atom stereocenters. The van der Waals surface area contributed by atoms with E-state index in [0.29, 0.717) is 5.13 Å². The molecule has 0 amide bonds. The third-order valence-electron chi connectivity index (χ3n) is 3.20. The first-order valence-electron chi connectivity index (χ1n) is 6.02. The smallest absolute Gasteiger partial charge is 0.203 e. The second kappa shape index (κ2) is 4.81. The average Bonchev–Trinajstić information content (AvgIpc) is 2.98. The molecule has 0 saturated carbocycles. The summed E-state index contributed by atoms with van der Waals surface area (Å²) in [6.45, 7) is 4.52. The Morgan fingerprint density at radius 3 is 2.72 bits per heavy atom. The molecule has 3 heterocycles. The van der Waals surface area contributed by atoms with Gasteiger partial charge in [-0.2, -0.15) is 0 Å². The number of hydrogen-bond acceptors (Lipinski definition) is 7. The zero-order valence-electron chi connectivity index (χ0n) is 10.2. The third kappa shape index (κ3) is 2.32. The highest BCUT2D eigenvalue weighted by Gasteiger charge is 2.19. The molecule has 2 aromatic heterocycles. The SMILES string of the molecule is CC1CCN(c2ncc(-c3nnc(N)s3)s2)CC1. The highest BCUT2D eigenvalue weighted by molar-refractivity contribution is 7.24. The number of anilines is 2. The molecule has 3 rings (SSSR count). The number of nitrogen functional groups attached to an aromatic ring is 1. The molecule has 96 valence electrons. The van der Waals surface area contributed by atoms with Crippen LogP contribution in [-0.4, -0.2) is 28.3 Å². The van der Waals surface area contributed by atoms with Crippen LogP contribution in [0.5, 0.6) is 0 Å². The van der Waals surface area contributed by atoms with Gasteiger partial charge in [0.15, 0.2) is 10.1 Å². The lowest BCUT2D eigenvalue weighted by molar-refractivity contribution is 0.438. The number of hydrogen-bond donors (Lipinski definition) is 1. The minimum Gasteiger partial charge on any atom is -0.374 e. The second-order valence-corrected chi connectivity index (χ2v) is 6.64. The van der Waals surface area contributed by atoms with Crippen molar-refractivity contribution in [3.05, 3.63) is 6.20 Å². The fourth-order valence-electron chi connectivity index (χ4n) is 2.04. The summed E-state index contributed by atoms with van der Waals surface area (Å²) in [5.41, 5.74) is 5.60. The molecule has 0 radical (unpaired) electrons. The largest absolute Gasteiger partial charge is 0.374 e. The normalized spacial score (nSPS) is 17.3. The maximum Gasteiger partial charge on any atom is 0.203 e. The molecule has 18 heavy (non-hydrogen) atoms. The summed E-state index contributed by atoms with van der Waals surface area (Å²) in [5, 5.41) is 10.3. The number of thiazole rings is 1. The van der Waals surface area contributed by atoms with Gasteiger partial charge in [0, 0.05) is 13.1 Å². The van der Waals surface area contributed by atoms with Crippen molar-refractivity contribution in [1.29, 1.82) is 0 Å². The van der Waals surface area contributed by atoms with Crippen molar-refractivity contribution < 1.29 is 0 Å². The van der Waals surface area contributed by atoms with Crippen molar-refractivity contribution in [3.63, 3.8) is 0 Å². The number of rotatable bonds is 2. The predicted octanol–water partition coefficient (Wildman–Crippen LogP) is 2.48. The van der Waals surface area contributed by atoms with E-state index in [0.717, 1.165) is 34.0 Å². The fraction of sp³-hybridized carbons (Fsp3) is 0.545. The maximum absolute atomic E-state index is 5.60. The van der Waals surface area contributed by atoms with Crippen LogP contribution in [0.4, 0.5) is 10.3 Å². The summed E-state index contributed by atoms with van der Waals surface area (Å²) in [6, 6.07) is 0. The van der Waals surface area contributed by atoms with Gasteiger partial charge in [-0.1, -0.05) is 29.6 Å². The highest BCUT2D eigenvalue weighted by Crippen LogP contribution is 2.34. The quantitative estimate of drug-likeness (QED) is 0.916. The molecule has 0 aromatic carbocycles. The standard InChI is InChI=1S/C11H15N5S2/c1-7-2-4-16(5-3-7)11-13-6-8(17-11)9-14-15-10(12)18-9/h6-7H,2-5H2,1H3,(H2,12,15). The lowest BCUT2D eigenvalue weighted by Crippen LogP contribution is -2.32. The van der Waals surface area contributed by atoms with Gasteiger partial charge in [0.25, 0.3) is 0 Å². The third-order valence-corrected chi connectivity index (χ3v) is 5.18. The molecular formula is C11H15N5S2. The summed E-state index contributed by atoms with van der Waals surface area (Å²) in [6.07, 6.45) is 4.37. The molecule has 1 aliphatic rings. The number of nitrogens with two attached hydrogens (primary N) is 1. The zero-order valence-corrected chi connectivity index (χ0v) is 11.8. The van der Waals surface area contributed by atoms with E-state index >= 15 is 0 Å². The summed E-state index contributed by atoms with van der Waals surface area (Å²) in [5.74, 6) is 0.837. The van der Waals surface area contributed by atoms with Crippen molar-refractivity contribution in [1.82, 2.24) is 15.2 Å². The number of piperidine rings is 1. The summed E-state index contributed by atoms with van der Waals surface area (Å²) in [7, 11) is 0. The van der Waals surface area contributed by atoms with Crippen molar-refractivity contribution in [2.24, 2.45) is 5.92 Å². The maximum atomic E-state index is 5.60. The Balaban J connectivity index is 1.77. The van der Waals surface area contributed by atoms with Crippen molar-refractivity contribution >= 4 is 32.9 Å². The molecule has 1 saturated heterocycles. The Morgan fingerprint density at radius 2 is 2.06 bits per heavy atom. The molecule has 0 aliphatic carbocycles. The monoisotopic (exact) mass is 281 g/mol. The van der Waals surface area contributed by atoms with Gasteiger partial charge < -0.3 is 10.6 Å². The van der Waals surface area contributed by atoms with Crippen molar-refractivity contribution in [3.8, 4) is 9.88 Å². The molecular weight excluding hydrogens is 266 g/mol. The summed E-state index contributed by atoms with van der Waals surface area (Å²) < 4.78 is 0. The van der Waals surface area contributed by atoms with E-state index in [9.17, 15) is 0 Å². The number of aromatic nitrogens is 3. The number of nitrogens with zero attached hydrogens (tertiary/aromatic N) is 4. The van der Waals surface area contributed by atoms with Gasteiger partial charge in [0.2, 0.25) is 5.13 Å². The molecule has 0 spiro atoms. The van der Waals surface area contributed by atoms with E-state index in [1.165, 1.54) is 24.2 Å². The zero-order chi connectivity index (χ0) is 12.5. The van der Waals surface area contributed by atoms with Gasteiger partial charge >= 0.3 is 0 Å². The van der Waals surface area contributed by atoms with Gasteiger partial charge in [-0.3, -0.25) is 0 Å². The van der Waals surface area contributed by atoms with Crippen LogP contribution < -0.4 is 10.6 Å². The Hall–Kier alpha value is -1.21. The first-order valence-corrected chi connectivity index (χ1v) is 7.66. The molecule has 7 heteroatoms. The molecule has 1 aliphatic heterocycles. The molecule has 2 N–H and O–H groups in total. The molecule has 0 bridgehead atoms. The fourth-order valence-corrected chi connectivity index (χ4v) is 3.66. The molecule has 0 atom stereocenters. The van der Waals surface area contributed by atoms with Gasteiger partial charge in [-0.15, -0.1) is 10.2 Å². The molecule has 1 fully saturated rings. The van der Waals surface area contributed by atoms with Crippen LogP contribution >= 0.6 is 22.7 Å². The first kappa shape index (κ1) is 11.9. The Kier molecular flexibility index (Phi) is 3.17. The van der Waals surface area contributed by atoms with Crippen LogP contribution in [-0.2, 0) is 0 Å². The first-order chi connectivity index (χ1) is 8.72. The van der Waals surface area contributed by atoms with Crippen molar-refractivity contribution in [2.75, 3.05) is 23.7 Å². The van der Waals surface area contributed by atoms with E-state index in [-0.39, 0.29) is 0 Å². The van der Waals surface area contributed by atoms with Crippen LogP contribution in [0.15, 0.2) is 6.20 Å². The Labute approximate surface area is 114 Å².